The second-order valence-corrected chi connectivity index (χ2v) is 5.47. The molecule has 0 radical (unpaired) electrons. The SMILES string of the molecule is CCCCCCCCC(Cc1ccccc1)C(=O)OC. The standard InChI is InChI=1S/C18H28O2/c1-3-4-5-6-7-11-14-17(18(19)20-2)15-16-12-9-8-10-13-16/h8-10,12-13,17H,3-7,11,14-15H2,1-2H3. The van der Waals surface area contributed by atoms with E-state index in [4.69, 9.17) is 4.74 Å². The maximum Gasteiger partial charge on any atom is 0.308 e. The van der Waals surface area contributed by atoms with Crippen LogP contribution in [-0.2, 0) is 16.0 Å². The van der Waals surface area contributed by atoms with E-state index in [1.165, 1.54) is 44.8 Å². The van der Waals surface area contributed by atoms with E-state index in [1.807, 2.05) is 18.2 Å². The van der Waals surface area contributed by atoms with Crippen molar-refractivity contribution in [1.29, 1.82) is 0 Å². The van der Waals surface area contributed by atoms with Gasteiger partial charge >= 0.3 is 5.97 Å². The van der Waals surface area contributed by atoms with E-state index < -0.39 is 0 Å². The molecule has 1 aromatic carbocycles. The molecular formula is C18H28O2. The van der Waals surface area contributed by atoms with Crippen LogP contribution in [0.4, 0.5) is 0 Å². The minimum Gasteiger partial charge on any atom is -0.469 e. The zero-order valence-corrected chi connectivity index (χ0v) is 12.9. The Morgan fingerprint density at radius 1 is 1.05 bits per heavy atom. The van der Waals surface area contributed by atoms with Crippen molar-refractivity contribution in [1.82, 2.24) is 0 Å². The molecule has 1 aromatic rings. The molecule has 1 atom stereocenters. The lowest BCUT2D eigenvalue weighted by molar-refractivity contribution is -0.145. The molecule has 1 unspecified atom stereocenters. The molecule has 0 heterocycles. The number of rotatable bonds is 10. The van der Waals surface area contributed by atoms with Gasteiger partial charge in [0, 0.05) is 0 Å². The first-order valence-corrected chi connectivity index (χ1v) is 7.89. The smallest absolute Gasteiger partial charge is 0.308 e. The Morgan fingerprint density at radius 2 is 1.70 bits per heavy atom. The zero-order chi connectivity index (χ0) is 14.6. The van der Waals surface area contributed by atoms with Crippen molar-refractivity contribution in [2.75, 3.05) is 7.11 Å². The first kappa shape index (κ1) is 16.7. The van der Waals surface area contributed by atoms with Gasteiger partial charge in [0.15, 0.2) is 0 Å². The Kier molecular flexibility index (Phi) is 8.77. The number of methoxy groups -OCH3 is 1. The van der Waals surface area contributed by atoms with Gasteiger partial charge in [0.05, 0.1) is 13.0 Å². The molecule has 0 N–H and O–H groups in total. The lowest BCUT2D eigenvalue weighted by Gasteiger charge is -2.14. The molecule has 0 amide bonds. The van der Waals surface area contributed by atoms with Gasteiger partial charge in [0.2, 0.25) is 0 Å². The summed E-state index contributed by atoms with van der Waals surface area (Å²) in [7, 11) is 1.49. The third-order valence-electron chi connectivity index (χ3n) is 3.77. The van der Waals surface area contributed by atoms with Gasteiger partial charge in [-0.1, -0.05) is 75.8 Å². The van der Waals surface area contributed by atoms with Crippen molar-refractivity contribution < 1.29 is 9.53 Å². The largest absolute Gasteiger partial charge is 0.469 e. The molecule has 0 aromatic heterocycles. The van der Waals surface area contributed by atoms with Crippen molar-refractivity contribution in [2.24, 2.45) is 5.92 Å². The summed E-state index contributed by atoms with van der Waals surface area (Å²) in [6.07, 6.45) is 9.28. The summed E-state index contributed by atoms with van der Waals surface area (Å²) >= 11 is 0. The van der Waals surface area contributed by atoms with Crippen molar-refractivity contribution in [3.63, 3.8) is 0 Å². The summed E-state index contributed by atoms with van der Waals surface area (Å²) in [5, 5.41) is 0. The molecule has 112 valence electrons. The lowest BCUT2D eigenvalue weighted by atomic mass is 9.93. The molecule has 0 fully saturated rings. The average Bonchev–Trinajstić information content (AvgIpc) is 2.49. The van der Waals surface area contributed by atoms with E-state index in [2.05, 4.69) is 19.1 Å². The number of esters is 1. The van der Waals surface area contributed by atoms with E-state index in [1.54, 1.807) is 0 Å². The van der Waals surface area contributed by atoms with Crippen molar-refractivity contribution >= 4 is 5.97 Å². The van der Waals surface area contributed by atoms with Gasteiger partial charge in [-0.2, -0.15) is 0 Å². The first-order chi connectivity index (χ1) is 9.77. The van der Waals surface area contributed by atoms with E-state index in [0.717, 1.165) is 19.3 Å². The summed E-state index contributed by atoms with van der Waals surface area (Å²) in [5.74, 6) is -0.0593. The normalized spacial score (nSPS) is 12.1. The molecule has 0 spiro atoms. The maximum absolute atomic E-state index is 11.9. The van der Waals surface area contributed by atoms with Crippen LogP contribution in [0.15, 0.2) is 30.3 Å². The van der Waals surface area contributed by atoms with Gasteiger partial charge in [0.1, 0.15) is 0 Å². The minimum atomic E-state index is -0.0672. The van der Waals surface area contributed by atoms with Crippen LogP contribution in [0.25, 0.3) is 0 Å². The van der Waals surface area contributed by atoms with Crippen molar-refractivity contribution in [3.8, 4) is 0 Å². The summed E-state index contributed by atoms with van der Waals surface area (Å²) in [4.78, 5) is 11.9. The second-order valence-electron chi connectivity index (χ2n) is 5.47. The molecule has 0 bridgehead atoms. The van der Waals surface area contributed by atoms with E-state index in [9.17, 15) is 4.79 Å². The van der Waals surface area contributed by atoms with Gasteiger partial charge in [-0.15, -0.1) is 0 Å². The highest BCUT2D eigenvalue weighted by Crippen LogP contribution is 2.18. The summed E-state index contributed by atoms with van der Waals surface area (Å²) in [5.41, 5.74) is 1.22. The fraction of sp³-hybridized carbons (Fsp3) is 0.611. The van der Waals surface area contributed by atoms with Gasteiger partial charge in [-0.25, -0.2) is 0 Å². The molecule has 0 aliphatic carbocycles. The number of ether oxygens (including phenoxy) is 1. The number of carbonyl (C=O) groups is 1. The highest BCUT2D eigenvalue weighted by molar-refractivity contribution is 5.72. The van der Waals surface area contributed by atoms with Crippen LogP contribution in [0.3, 0.4) is 0 Å². The van der Waals surface area contributed by atoms with Crippen LogP contribution in [0.5, 0.6) is 0 Å². The van der Waals surface area contributed by atoms with Crippen LogP contribution in [-0.4, -0.2) is 13.1 Å². The number of unbranched alkanes of at least 4 members (excludes halogenated alkanes) is 5. The van der Waals surface area contributed by atoms with Crippen molar-refractivity contribution in [2.45, 2.75) is 58.3 Å². The number of hydrogen-bond donors (Lipinski definition) is 0. The maximum atomic E-state index is 11.9. The Hall–Kier alpha value is -1.31. The summed E-state index contributed by atoms with van der Waals surface area (Å²) in [6, 6.07) is 10.2. The number of hydrogen-bond acceptors (Lipinski definition) is 2. The molecule has 0 saturated heterocycles. The zero-order valence-electron chi connectivity index (χ0n) is 12.9. The predicted octanol–water partition coefficient (Wildman–Crippen LogP) is 4.77. The van der Waals surface area contributed by atoms with Crippen LogP contribution in [0, 0.1) is 5.92 Å². The van der Waals surface area contributed by atoms with E-state index >= 15 is 0 Å². The summed E-state index contributed by atoms with van der Waals surface area (Å²) < 4.78 is 4.94. The topological polar surface area (TPSA) is 26.3 Å². The highest BCUT2D eigenvalue weighted by Gasteiger charge is 2.18. The van der Waals surface area contributed by atoms with Crippen molar-refractivity contribution in [3.05, 3.63) is 35.9 Å². The van der Waals surface area contributed by atoms with Gasteiger partial charge in [-0.3, -0.25) is 4.79 Å². The number of carbonyl (C=O) groups excluding carboxylic acids is 1. The van der Waals surface area contributed by atoms with Crippen LogP contribution in [0.2, 0.25) is 0 Å². The Morgan fingerprint density at radius 3 is 2.35 bits per heavy atom. The van der Waals surface area contributed by atoms with Crippen LogP contribution in [0.1, 0.15) is 57.4 Å². The van der Waals surface area contributed by atoms with Gasteiger partial charge < -0.3 is 4.74 Å². The van der Waals surface area contributed by atoms with Crippen LogP contribution >= 0.6 is 0 Å². The second kappa shape index (κ2) is 10.5. The average molecular weight is 276 g/mol. The van der Waals surface area contributed by atoms with Crippen LogP contribution < -0.4 is 0 Å². The highest BCUT2D eigenvalue weighted by atomic mass is 16.5. The molecule has 0 aliphatic heterocycles. The molecular weight excluding hydrogens is 248 g/mol. The Labute approximate surface area is 123 Å². The van der Waals surface area contributed by atoms with E-state index in [-0.39, 0.29) is 11.9 Å². The third-order valence-corrected chi connectivity index (χ3v) is 3.77. The quantitative estimate of drug-likeness (QED) is 0.454. The van der Waals surface area contributed by atoms with Gasteiger partial charge in [0.25, 0.3) is 0 Å². The Bertz CT molecular complexity index is 359. The molecule has 2 heteroatoms. The monoisotopic (exact) mass is 276 g/mol. The summed E-state index contributed by atoms with van der Waals surface area (Å²) in [6.45, 7) is 2.23. The number of benzene rings is 1. The fourth-order valence-electron chi connectivity index (χ4n) is 2.54. The minimum absolute atomic E-state index is 0.00794. The van der Waals surface area contributed by atoms with Gasteiger partial charge in [-0.05, 0) is 18.4 Å². The third kappa shape index (κ3) is 6.74. The molecule has 0 saturated carbocycles. The fourth-order valence-corrected chi connectivity index (χ4v) is 2.54. The first-order valence-electron chi connectivity index (χ1n) is 7.89. The predicted molar refractivity (Wildman–Crippen MR) is 83.6 cm³/mol. The molecule has 20 heavy (non-hydrogen) atoms. The molecule has 0 aliphatic rings. The Balaban J connectivity index is 2.35. The molecule has 1 rings (SSSR count). The molecule has 2 nitrogen and oxygen atoms in total. The van der Waals surface area contributed by atoms with E-state index in [0.29, 0.717) is 0 Å². The lowest BCUT2D eigenvalue weighted by Crippen LogP contribution is -2.18.